The Morgan fingerprint density at radius 2 is 2.24 bits per heavy atom. The topological polar surface area (TPSA) is 106 Å². The Balaban J connectivity index is 1.54. The van der Waals surface area contributed by atoms with Crippen LogP contribution in [0.15, 0.2) is 30.5 Å². The number of aromatic amines is 1. The number of nitriles is 1. The third-order valence-corrected chi connectivity index (χ3v) is 5.43. The molecule has 4 rings (SSSR count). The van der Waals surface area contributed by atoms with E-state index in [1.54, 1.807) is 6.20 Å². The SMILES string of the molecule is Cc1cc(Nc2cc3ncccc3c(N[C@@H]3CCN(CCC#N)[C@@H](C)C3)n2)n[nH]1. The van der Waals surface area contributed by atoms with Crippen LogP contribution in [0.3, 0.4) is 0 Å². The third-order valence-electron chi connectivity index (χ3n) is 5.43. The van der Waals surface area contributed by atoms with Crippen LogP contribution in [-0.2, 0) is 0 Å². The van der Waals surface area contributed by atoms with Crippen molar-refractivity contribution in [1.29, 1.82) is 5.26 Å². The lowest BCUT2D eigenvalue weighted by molar-refractivity contribution is 0.156. The van der Waals surface area contributed by atoms with Crippen LogP contribution in [0.1, 0.15) is 31.9 Å². The first-order chi connectivity index (χ1) is 14.1. The van der Waals surface area contributed by atoms with Gasteiger partial charge in [0.05, 0.1) is 11.6 Å². The average Bonchev–Trinajstić information content (AvgIpc) is 3.12. The van der Waals surface area contributed by atoms with Crippen LogP contribution in [0.4, 0.5) is 17.5 Å². The van der Waals surface area contributed by atoms with Crippen molar-refractivity contribution in [3.63, 3.8) is 0 Å². The summed E-state index contributed by atoms with van der Waals surface area (Å²) in [4.78, 5) is 11.7. The monoisotopic (exact) mass is 390 g/mol. The van der Waals surface area contributed by atoms with E-state index in [1.165, 1.54) is 0 Å². The van der Waals surface area contributed by atoms with Gasteiger partial charge in [-0.2, -0.15) is 10.4 Å². The highest BCUT2D eigenvalue weighted by molar-refractivity contribution is 5.91. The predicted molar refractivity (Wildman–Crippen MR) is 114 cm³/mol. The van der Waals surface area contributed by atoms with Crippen LogP contribution in [0, 0.1) is 18.3 Å². The maximum atomic E-state index is 8.85. The molecule has 0 aliphatic carbocycles. The zero-order valence-electron chi connectivity index (χ0n) is 16.8. The second kappa shape index (κ2) is 8.45. The van der Waals surface area contributed by atoms with Crippen molar-refractivity contribution in [3.05, 3.63) is 36.2 Å². The number of piperidine rings is 1. The van der Waals surface area contributed by atoms with Crippen LogP contribution in [-0.4, -0.2) is 50.2 Å². The second-order valence-corrected chi connectivity index (χ2v) is 7.65. The largest absolute Gasteiger partial charge is 0.367 e. The van der Waals surface area contributed by atoms with Crippen LogP contribution >= 0.6 is 0 Å². The van der Waals surface area contributed by atoms with E-state index in [4.69, 9.17) is 10.2 Å². The van der Waals surface area contributed by atoms with Crippen molar-refractivity contribution in [2.24, 2.45) is 0 Å². The lowest BCUT2D eigenvalue weighted by atomic mass is 9.98. The number of aromatic nitrogens is 4. The summed E-state index contributed by atoms with van der Waals surface area (Å²) in [6.07, 6.45) is 4.42. The van der Waals surface area contributed by atoms with Crippen molar-refractivity contribution < 1.29 is 0 Å². The van der Waals surface area contributed by atoms with Crippen molar-refractivity contribution in [2.75, 3.05) is 23.7 Å². The maximum absolute atomic E-state index is 8.85. The van der Waals surface area contributed by atoms with Crippen LogP contribution < -0.4 is 10.6 Å². The van der Waals surface area contributed by atoms with Crippen molar-refractivity contribution in [2.45, 2.75) is 45.2 Å². The van der Waals surface area contributed by atoms with Gasteiger partial charge < -0.3 is 10.6 Å². The van der Waals surface area contributed by atoms with Crippen molar-refractivity contribution >= 4 is 28.4 Å². The highest BCUT2D eigenvalue weighted by Gasteiger charge is 2.25. The number of anilines is 3. The summed E-state index contributed by atoms with van der Waals surface area (Å²) >= 11 is 0. The molecule has 3 N–H and O–H groups in total. The van der Waals surface area contributed by atoms with Gasteiger partial charge in [0, 0.05) is 61.0 Å². The average molecular weight is 390 g/mol. The van der Waals surface area contributed by atoms with E-state index in [2.05, 4.69) is 43.7 Å². The molecule has 1 aliphatic rings. The molecule has 0 spiro atoms. The second-order valence-electron chi connectivity index (χ2n) is 7.65. The number of hydrogen-bond acceptors (Lipinski definition) is 7. The molecular weight excluding hydrogens is 364 g/mol. The Labute approximate surface area is 170 Å². The van der Waals surface area contributed by atoms with Crippen molar-refractivity contribution in [3.8, 4) is 6.07 Å². The maximum Gasteiger partial charge on any atom is 0.153 e. The van der Waals surface area contributed by atoms with E-state index in [0.717, 1.165) is 54.2 Å². The molecule has 0 unspecified atom stereocenters. The molecule has 4 heterocycles. The van der Waals surface area contributed by atoms with Gasteiger partial charge in [-0.25, -0.2) is 4.98 Å². The fourth-order valence-electron chi connectivity index (χ4n) is 3.93. The van der Waals surface area contributed by atoms with Gasteiger partial charge in [0.1, 0.15) is 11.6 Å². The molecule has 3 aromatic heterocycles. The van der Waals surface area contributed by atoms with Crippen molar-refractivity contribution in [1.82, 2.24) is 25.1 Å². The molecule has 0 aromatic carbocycles. The summed E-state index contributed by atoms with van der Waals surface area (Å²) in [5, 5.41) is 23.9. The minimum Gasteiger partial charge on any atom is -0.367 e. The van der Waals surface area contributed by atoms with E-state index >= 15 is 0 Å². The van der Waals surface area contributed by atoms with E-state index < -0.39 is 0 Å². The van der Waals surface area contributed by atoms with Gasteiger partial charge in [-0.15, -0.1) is 0 Å². The number of hydrogen-bond donors (Lipinski definition) is 3. The summed E-state index contributed by atoms with van der Waals surface area (Å²) in [5.74, 6) is 2.29. The number of H-pyrrole nitrogens is 1. The van der Waals surface area contributed by atoms with E-state index in [9.17, 15) is 0 Å². The van der Waals surface area contributed by atoms with Gasteiger partial charge in [-0.3, -0.25) is 15.0 Å². The molecule has 3 aromatic rings. The number of aryl methyl sites for hydroxylation is 1. The standard InChI is InChI=1S/C21H26N8/c1-14-11-20(28-27-14)25-19-13-18-17(5-3-8-23-18)21(26-19)24-16-6-10-29(9-4-7-22)15(2)12-16/h3,5,8,11,13,15-16H,4,6,9-10,12H2,1-2H3,(H3,24,25,26,27,28)/t15-,16+/m0/s1. The van der Waals surface area contributed by atoms with E-state index in [1.807, 2.05) is 31.2 Å². The molecule has 150 valence electrons. The molecule has 1 aliphatic heterocycles. The molecule has 29 heavy (non-hydrogen) atoms. The fourth-order valence-corrected chi connectivity index (χ4v) is 3.93. The van der Waals surface area contributed by atoms with Crippen LogP contribution in [0.5, 0.6) is 0 Å². The number of pyridine rings is 2. The molecule has 1 fully saturated rings. The van der Waals surface area contributed by atoms with Gasteiger partial charge in [-0.1, -0.05) is 0 Å². The first kappa shape index (κ1) is 19.2. The molecule has 0 saturated carbocycles. The first-order valence-electron chi connectivity index (χ1n) is 10.0. The van der Waals surface area contributed by atoms with E-state index in [0.29, 0.717) is 24.3 Å². The number of rotatable bonds is 6. The quantitative estimate of drug-likeness (QED) is 0.591. The van der Waals surface area contributed by atoms with Gasteiger partial charge in [0.2, 0.25) is 0 Å². The Morgan fingerprint density at radius 1 is 1.34 bits per heavy atom. The molecule has 8 heteroatoms. The zero-order chi connectivity index (χ0) is 20.2. The van der Waals surface area contributed by atoms with Crippen LogP contribution in [0.2, 0.25) is 0 Å². The lowest BCUT2D eigenvalue weighted by Crippen LogP contribution is -2.45. The van der Waals surface area contributed by atoms with E-state index in [-0.39, 0.29) is 0 Å². The predicted octanol–water partition coefficient (Wildman–Crippen LogP) is 3.58. The molecule has 1 saturated heterocycles. The number of nitrogens with zero attached hydrogens (tertiary/aromatic N) is 5. The molecule has 2 atom stereocenters. The highest BCUT2D eigenvalue weighted by atomic mass is 15.2. The third kappa shape index (κ3) is 4.46. The van der Waals surface area contributed by atoms with Gasteiger partial charge in [-0.05, 0) is 38.8 Å². The minimum atomic E-state index is 0.335. The van der Waals surface area contributed by atoms with Crippen LogP contribution in [0.25, 0.3) is 10.9 Å². The Hall–Kier alpha value is -3.18. The summed E-state index contributed by atoms with van der Waals surface area (Å²) in [6, 6.07) is 10.9. The van der Waals surface area contributed by atoms with Gasteiger partial charge in [0.25, 0.3) is 0 Å². The smallest absolute Gasteiger partial charge is 0.153 e. The lowest BCUT2D eigenvalue weighted by Gasteiger charge is -2.37. The van der Waals surface area contributed by atoms with Gasteiger partial charge >= 0.3 is 0 Å². The number of fused-ring (bicyclic) bond motifs is 1. The minimum absolute atomic E-state index is 0.335. The number of nitrogens with one attached hydrogen (secondary N) is 3. The summed E-state index contributed by atoms with van der Waals surface area (Å²) in [6.45, 7) is 6.03. The Morgan fingerprint density at radius 3 is 3.00 bits per heavy atom. The molecule has 8 nitrogen and oxygen atoms in total. The summed E-state index contributed by atoms with van der Waals surface area (Å²) < 4.78 is 0. The normalized spacial score (nSPS) is 19.8. The Bertz CT molecular complexity index is 1020. The molecule has 0 bridgehead atoms. The zero-order valence-corrected chi connectivity index (χ0v) is 16.8. The highest BCUT2D eigenvalue weighted by Crippen LogP contribution is 2.28. The summed E-state index contributed by atoms with van der Waals surface area (Å²) in [7, 11) is 0. The first-order valence-corrected chi connectivity index (χ1v) is 10.0. The van der Waals surface area contributed by atoms with Gasteiger partial charge in [0.15, 0.2) is 5.82 Å². The molecule has 0 radical (unpaired) electrons. The fraction of sp³-hybridized carbons (Fsp3) is 0.429. The number of likely N-dealkylation sites (tertiary alicyclic amines) is 1. The molecular formula is C21H26N8. The molecule has 0 amide bonds. The Kier molecular flexibility index (Phi) is 5.58. The summed E-state index contributed by atoms with van der Waals surface area (Å²) in [5.41, 5.74) is 1.88.